The maximum absolute atomic E-state index is 12.3. The van der Waals surface area contributed by atoms with E-state index in [4.69, 9.17) is 10.5 Å². The molecule has 0 aliphatic heterocycles. The third-order valence-corrected chi connectivity index (χ3v) is 4.49. The first-order chi connectivity index (χ1) is 9.44. The molecule has 0 bridgehead atoms. The molecule has 2 aromatic rings. The van der Waals surface area contributed by atoms with E-state index in [-0.39, 0.29) is 10.8 Å². The van der Waals surface area contributed by atoms with E-state index in [9.17, 15) is 8.42 Å². The van der Waals surface area contributed by atoms with Gasteiger partial charge in [-0.05, 0) is 24.1 Å². The number of fused-ring (bicyclic) bond motifs is 1. The fourth-order valence-electron chi connectivity index (χ4n) is 2.01. The number of anilines is 1. The van der Waals surface area contributed by atoms with Gasteiger partial charge in [-0.1, -0.05) is 6.92 Å². The monoisotopic (exact) mass is 297 g/mol. The summed E-state index contributed by atoms with van der Waals surface area (Å²) in [7, 11) is -1.96. The van der Waals surface area contributed by atoms with Crippen LogP contribution in [0, 0.1) is 5.92 Å². The molecule has 0 fully saturated rings. The molecule has 1 heterocycles. The van der Waals surface area contributed by atoms with Crippen molar-refractivity contribution in [2.24, 2.45) is 5.92 Å². The smallest absolute Gasteiger partial charge is 0.242 e. The van der Waals surface area contributed by atoms with Gasteiger partial charge in [0.25, 0.3) is 0 Å². The van der Waals surface area contributed by atoms with Crippen molar-refractivity contribution in [2.75, 3.05) is 26.0 Å². The first-order valence-electron chi connectivity index (χ1n) is 6.29. The lowest BCUT2D eigenvalue weighted by Crippen LogP contribution is -2.29. The standard InChI is InChI=1S/C13H19N3O3S/c1-9(8-19-2)6-16-20(17,18)13-7-15-12-5-10(14)3-4-11(12)13/h3-5,7,9,15-16H,6,8,14H2,1-2H3. The lowest BCUT2D eigenvalue weighted by Gasteiger charge is -2.11. The third kappa shape index (κ3) is 3.12. The average molecular weight is 297 g/mol. The topological polar surface area (TPSA) is 97.2 Å². The van der Waals surface area contributed by atoms with Crippen LogP contribution < -0.4 is 10.5 Å². The Morgan fingerprint density at radius 2 is 2.20 bits per heavy atom. The summed E-state index contributed by atoms with van der Waals surface area (Å²) in [6.07, 6.45) is 1.48. The van der Waals surface area contributed by atoms with Crippen LogP contribution in [0.5, 0.6) is 0 Å². The van der Waals surface area contributed by atoms with Gasteiger partial charge in [0.15, 0.2) is 0 Å². The Hall–Kier alpha value is -1.57. The van der Waals surface area contributed by atoms with Gasteiger partial charge in [0.2, 0.25) is 10.0 Å². The van der Waals surface area contributed by atoms with Gasteiger partial charge in [0.05, 0.1) is 0 Å². The molecule has 1 aromatic heterocycles. The fourth-order valence-corrected chi connectivity index (χ4v) is 3.35. The predicted octanol–water partition coefficient (Wildman–Crippen LogP) is 1.31. The fraction of sp³-hybridized carbons (Fsp3) is 0.385. The summed E-state index contributed by atoms with van der Waals surface area (Å²) in [5.41, 5.74) is 6.97. The number of methoxy groups -OCH3 is 1. The van der Waals surface area contributed by atoms with Gasteiger partial charge < -0.3 is 15.5 Å². The molecule has 1 unspecified atom stereocenters. The highest BCUT2D eigenvalue weighted by atomic mass is 32.2. The van der Waals surface area contributed by atoms with E-state index >= 15 is 0 Å². The number of benzene rings is 1. The van der Waals surface area contributed by atoms with E-state index in [0.717, 1.165) is 0 Å². The lowest BCUT2D eigenvalue weighted by molar-refractivity contribution is 0.161. The van der Waals surface area contributed by atoms with E-state index in [1.54, 1.807) is 25.3 Å². The number of ether oxygens (including phenoxy) is 1. The molecule has 7 heteroatoms. The van der Waals surface area contributed by atoms with Crippen LogP contribution in [-0.4, -0.2) is 33.7 Å². The maximum atomic E-state index is 12.3. The van der Waals surface area contributed by atoms with E-state index in [1.165, 1.54) is 6.20 Å². The van der Waals surface area contributed by atoms with Crippen LogP contribution in [0.2, 0.25) is 0 Å². The summed E-state index contributed by atoms with van der Waals surface area (Å²) in [6, 6.07) is 5.10. The van der Waals surface area contributed by atoms with Crippen molar-refractivity contribution in [1.29, 1.82) is 0 Å². The van der Waals surface area contributed by atoms with Gasteiger partial charge in [-0.25, -0.2) is 13.1 Å². The quantitative estimate of drug-likeness (QED) is 0.700. The molecule has 0 radical (unpaired) electrons. The predicted molar refractivity (Wildman–Crippen MR) is 78.9 cm³/mol. The van der Waals surface area contributed by atoms with Crippen LogP contribution in [0.15, 0.2) is 29.3 Å². The van der Waals surface area contributed by atoms with Crippen molar-refractivity contribution in [1.82, 2.24) is 9.71 Å². The summed E-state index contributed by atoms with van der Waals surface area (Å²) < 4.78 is 32.2. The Morgan fingerprint density at radius 3 is 2.90 bits per heavy atom. The zero-order valence-electron chi connectivity index (χ0n) is 11.5. The minimum absolute atomic E-state index is 0.107. The van der Waals surface area contributed by atoms with Crippen molar-refractivity contribution in [3.63, 3.8) is 0 Å². The average Bonchev–Trinajstić information content (AvgIpc) is 2.80. The Labute approximate surface area is 118 Å². The highest BCUT2D eigenvalue weighted by Crippen LogP contribution is 2.24. The molecule has 1 atom stereocenters. The van der Waals surface area contributed by atoms with E-state index in [0.29, 0.717) is 29.7 Å². The van der Waals surface area contributed by atoms with Crippen molar-refractivity contribution in [3.05, 3.63) is 24.4 Å². The summed E-state index contributed by atoms with van der Waals surface area (Å²) in [6.45, 7) is 2.76. The molecule has 0 spiro atoms. The van der Waals surface area contributed by atoms with Crippen LogP contribution in [0.4, 0.5) is 5.69 Å². The molecule has 0 aliphatic carbocycles. The molecule has 0 saturated carbocycles. The second-order valence-corrected chi connectivity index (χ2v) is 6.61. The van der Waals surface area contributed by atoms with Crippen LogP contribution >= 0.6 is 0 Å². The molecule has 2 rings (SSSR count). The Morgan fingerprint density at radius 1 is 1.45 bits per heavy atom. The van der Waals surface area contributed by atoms with Gasteiger partial charge in [0.1, 0.15) is 4.90 Å². The van der Waals surface area contributed by atoms with Crippen molar-refractivity contribution in [3.8, 4) is 0 Å². The zero-order valence-corrected chi connectivity index (χ0v) is 12.3. The van der Waals surface area contributed by atoms with Crippen LogP contribution in [0.25, 0.3) is 10.9 Å². The first-order valence-corrected chi connectivity index (χ1v) is 7.77. The van der Waals surface area contributed by atoms with Gasteiger partial charge in [0, 0.05) is 43.0 Å². The number of sulfonamides is 1. The Kier molecular flexibility index (Phi) is 4.32. The number of aromatic amines is 1. The van der Waals surface area contributed by atoms with Crippen molar-refractivity contribution < 1.29 is 13.2 Å². The summed E-state index contributed by atoms with van der Waals surface area (Å²) in [5.74, 6) is 0.107. The molecule has 4 N–H and O–H groups in total. The molecule has 1 aromatic carbocycles. The van der Waals surface area contributed by atoms with Crippen molar-refractivity contribution in [2.45, 2.75) is 11.8 Å². The summed E-state index contributed by atoms with van der Waals surface area (Å²) in [4.78, 5) is 3.16. The molecule has 0 aliphatic rings. The lowest BCUT2D eigenvalue weighted by atomic mass is 10.2. The SMILES string of the molecule is COCC(C)CNS(=O)(=O)c1c[nH]c2cc(N)ccc12. The molecule has 0 amide bonds. The summed E-state index contributed by atoms with van der Waals surface area (Å²) in [5, 5.41) is 0.631. The second-order valence-electron chi connectivity index (χ2n) is 4.87. The number of aromatic nitrogens is 1. The van der Waals surface area contributed by atoms with E-state index in [1.807, 2.05) is 6.92 Å². The Bertz CT molecular complexity index is 694. The molecule has 20 heavy (non-hydrogen) atoms. The molecule has 110 valence electrons. The summed E-state index contributed by atoms with van der Waals surface area (Å²) >= 11 is 0. The maximum Gasteiger partial charge on any atom is 0.242 e. The molecule has 6 nitrogen and oxygen atoms in total. The second kappa shape index (κ2) is 5.82. The zero-order chi connectivity index (χ0) is 14.8. The molecular weight excluding hydrogens is 278 g/mol. The van der Waals surface area contributed by atoms with Crippen molar-refractivity contribution >= 4 is 26.6 Å². The number of rotatable bonds is 6. The number of hydrogen-bond donors (Lipinski definition) is 3. The van der Waals surface area contributed by atoms with Gasteiger partial charge in [-0.2, -0.15) is 0 Å². The Balaban J connectivity index is 2.24. The van der Waals surface area contributed by atoms with Crippen LogP contribution in [-0.2, 0) is 14.8 Å². The highest BCUT2D eigenvalue weighted by Gasteiger charge is 2.19. The largest absolute Gasteiger partial charge is 0.399 e. The number of nitrogens with one attached hydrogen (secondary N) is 2. The minimum Gasteiger partial charge on any atom is -0.399 e. The number of nitrogen functional groups attached to an aromatic ring is 1. The number of nitrogens with two attached hydrogens (primary N) is 1. The van der Waals surface area contributed by atoms with E-state index < -0.39 is 10.0 Å². The van der Waals surface area contributed by atoms with Crippen LogP contribution in [0.1, 0.15) is 6.92 Å². The van der Waals surface area contributed by atoms with Gasteiger partial charge in [-0.15, -0.1) is 0 Å². The highest BCUT2D eigenvalue weighted by molar-refractivity contribution is 7.89. The number of H-pyrrole nitrogens is 1. The number of hydrogen-bond acceptors (Lipinski definition) is 4. The van der Waals surface area contributed by atoms with E-state index in [2.05, 4.69) is 9.71 Å². The minimum atomic E-state index is -3.55. The molecule has 0 saturated heterocycles. The van der Waals surface area contributed by atoms with Gasteiger partial charge >= 0.3 is 0 Å². The van der Waals surface area contributed by atoms with Crippen LogP contribution in [0.3, 0.4) is 0 Å². The normalized spacial score (nSPS) is 13.7. The first kappa shape index (κ1) is 14.8. The van der Waals surface area contributed by atoms with Gasteiger partial charge in [-0.3, -0.25) is 0 Å². The third-order valence-electron chi connectivity index (χ3n) is 3.03. The molecular formula is C13H19N3O3S.